The molecule has 1 aliphatic carbocycles. The van der Waals surface area contributed by atoms with Crippen LogP contribution in [0.3, 0.4) is 0 Å². The molecule has 6 nitrogen and oxygen atoms in total. The molecule has 1 spiro atoms. The van der Waals surface area contributed by atoms with Gasteiger partial charge in [-0.15, -0.1) is 0 Å². The molecule has 0 radical (unpaired) electrons. The smallest absolute Gasteiger partial charge is 0.277 e. The number of hydrogen-bond donors (Lipinski definition) is 2. The van der Waals surface area contributed by atoms with E-state index in [1.165, 1.54) is 18.5 Å². The van der Waals surface area contributed by atoms with Gasteiger partial charge in [0.25, 0.3) is 5.91 Å². The van der Waals surface area contributed by atoms with Gasteiger partial charge < -0.3 is 10.6 Å². The van der Waals surface area contributed by atoms with Crippen LogP contribution >= 0.6 is 0 Å². The van der Waals surface area contributed by atoms with Crippen LogP contribution in [-0.4, -0.2) is 20.7 Å². The molecule has 0 unspecified atom stereocenters. The number of aromatic nitrogens is 3. The molecule has 3 heterocycles. The molecule has 26 heavy (non-hydrogen) atoms. The van der Waals surface area contributed by atoms with E-state index in [0.29, 0.717) is 16.9 Å². The van der Waals surface area contributed by atoms with E-state index < -0.39 is 0 Å². The number of rotatable bonds is 4. The summed E-state index contributed by atoms with van der Waals surface area (Å²) in [6.45, 7) is 0.952. The molecule has 2 aliphatic rings. The van der Waals surface area contributed by atoms with Gasteiger partial charge in [0.1, 0.15) is 5.82 Å². The molecule has 1 amide bonds. The molecule has 0 atom stereocenters. The zero-order chi connectivity index (χ0) is 17.6. The lowest BCUT2D eigenvalue weighted by Crippen LogP contribution is -2.15. The normalized spacial score (nSPS) is 16.3. The third-order valence-electron chi connectivity index (χ3n) is 5.16. The summed E-state index contributed by atoms with van der Waals surface area (Å²) in [7, 11) is 0. The summed E-state index contributed by atoms with van der Waals surface area (Å²) >= 11 is 0. The summed E-state index contributed by atoms with van der Waals surface area (Å²) in [5.41, 5.74) is 3.95. The molecule has 2 aromatic heterocycles. The Bertz CT molecular complexity index is 932. The van der Waals surface area contributed by atoms with Crippen molar-refractivity contribution < 1.29 is 4.79 Å². The Balaban J connectivity index is 1.24. The van der Waals surface area contributed by atoms with Crippen LogP contribution < -0.4 is 10.6 Å². The van der Waals surface area contributed by atoms with Gasteiger partial charge in [0, 0.05) is 17.9 Å². The van der Waals surface area contributed by atoms with Crippen LogP contribution in [-0.2, 0) is 13.0 Å². The summed E-state index contributed by atoms with van der Waals surface area (Å²) in [4.78, 5) is 16.7. The number of nitrogens with one attached hydrogen (secondary N) is 2. The molecule has 5 rings (SSSR count). The third kappa shape index (κ3) is 2.83. The van der Waals surface area contributed by atoms with Crippen molar-refractivity contribution in [2.24, 2.45) is 5.41 Å². The Hall–Kier alpha value is -3.15. The Morgan fingerprint density at radius 1 is 1.08 bits per heavy atom. The van der Waals surface area contributed by atoms with Crippen LogP contribution in [0.1, 0.15) is 29.0 Å². The second kappa shape index (κ2) is 5.69. The Morgan fingerprint density at radius 3 is 2.62 bits per heavy atom. The first-order valence-electron chi connectivity index (χ1n) is 8.85. The summed E-state index contributed by atoms with van der Waals surface area (Å²) in [5.74, 6) is 0.299. The Kier molecular flexibility index (Phi) is 3.31. The van der Waals surface area contributed by atoms with E-state index in [2.05, 4.69) is 20.7 Å². The van der Waals surface area contributed by atoms with Crippen molar-refractivity contribution in [3.63, 3.8) is 0 Å². The van der Waals surface area contributed by atoms with E-state index in [0.717, 1.165) is 24.3 Å². The lowest BCUT2D eigenvalue weighted by molar-refractivity contribution is 0.102. The van der Waals surface area contributed by atoms with Crippen LogP contribution in [0.4, 0.5) is 17.2 Å². The van der Waals surface area contributed by atoms with Crippen LogP contribution in [0.25, 0.3) is 0 Å². The topological polar surface area (TPSA) is 71.8 Å². The number of fused-ring (bicyclic) bond motifs is 1. The van der Waals surface area contributed by atoms with Gasteiger partial charge in [-0.05, 0) is 55.0 Å². The second-order valence-electron chi connectivity index (χ2n) is 7.23. The molecule has 3 aromatic rings. The molecule has 0 saturated heterocycles. The van der Waals surface area contributed by atoms with Crippen molar-refractivity contribution >= 4 is 23.1 Å². The molecule has 1 aliphatic heterocycles. The molecular weight excluding hydrogens is 326 g/mol. The van der Waals surface area contributed by atoms with Gasteiger partial charge in [-0.1, -0.05) is 18.2 Å². The average molecular weight is 345 g/mol. The molecular formula is C20H19N5O. The number of amides is 1. The lowest BCUT2D eigenvalue weighted by atomic mass is 10.0. The number of hydrogen-bond acceptors (Lipinski definition) is 4. The molecule has 2 N–H and O–H groups in total. The fourth-order valence-electron chi connectivity index (χ4n) is 3.53. The van der Waals surface area contributed by atoms with Gasteiger partial charge >= 0.3 is 0 Å². The number of pyridine rings is 1. The third-order valence-corrected chi connectivity index (χ3v) is 5.16. The van der Waals surface area contributed by atoms with Crippen LogP contribution in [0.15, 0.2) is 54.7 Å². The van der Waals surface area contributed by atoms with Gasteiger partial charge in [0.05, 0.1) is 11.9 Å². The quantitative estimate of drug-likeness (QED) is 0.758. The zero-order valence-corrected chi connectivity index (χ0v) is 14.3. The highest BCUT2D eigenvalue weighted by atomic mass is 16.2. The van der Waals surface area contributed by atoms with Gasteiger partial charge in [-0.25, -0.2) is 4.98 Å². The first kappa shape index (κ1) is 15.1. The predicted molar refractivity (Wildman–Crippen MR) is 99.5 cm³/mol. The minimum atomic E-state index is -0.215. The molecule has 1 fully saturated rings. The Morgan fingerprint density at radius 2 is 1.92 bits per heavy atom. The van der Waals surface area contributed by atoms with Gasteiger partial charge in [0.2, 0.25) is 0 Å². The number of carbonyl (C=O) groups is 1. The van der Waals surface area contributed by atoms with Crippen LogP contribution in [0.5, 0.6) is 0 Å². The first-order valence-corrected chi connectivity index (χ1v) is 8.85. The largest absolute Gasteiger partial charge is 0.354 e. The zero-order valence-electron chi connectivity index (χ0n) is 14.3. The highest BCUT2D eigenvalue weighted by molar-refractivity contribution is 6.02. The minimum Gasteiger partial charge on any atom is -0.354 e. The molecule has 0 bridgehead atoms. The summed E-state index contributed by atoms with van der Waals surface area (Å²) in [5, 5.41) is 10.5. The van der Waals surface area contributed by atoms with Crippen LogP contribution in [0, 0.1) is 5.41 Å². The molecule has 1 aromatic carbocycles. The molecule has 6 heteroatoms. The average Bonchev–Trinajstić information content (AvgIpc) is 3.15. The highest BCUT2D eigenvalue weighted by Crippen LogP contribution is 2.53. The monoisotopic (exact) mass is 345 g/mol. The minimum absolute atomic E-state index is 0.215. The number of carbonyl (C=O) groups excluding carboxylic acids is 1. The number of para-hydroxylation sites is 1. The SMILES string of the molecule is O=C(Nc1ccc(Nc2ccccc2)cn1)c1cc2n(n1)CC1(CC1)C2. The lowest BCUT2D eigenvalue weighted by Gasteiger charge is -2.07. The maximum Gasteiger partial charge on any atom is 0.277 e. The van der Waals surface area contributed by atoms with Gasteiger partial charge in [-0.3, -0.25) is 9.48 Å². The molecule has 1 saturated carbocycles. The second-order valence-corrected chi connectivity index (χ2v) is 7.23. The van der Waals surface area contributed by atoms with Gasteiger partial charge in [0.15, 0.2) is 5.69 Å². The van der Waals surface area contributed by atoms with Gasteiger partial charge in [-0.2, -0.15) is 5.10 Å². The number of nitrogens with zero attached hydrogens (tertiary/aromatic N) is 3. The summed E-state index contributed by atoms with van der Waals surface area (Å²) < 4.78 is 1.99. The maximum atomic E-state index is 12.4. The number of benzene rings is 1. The first-order chi connectivity index (χ1) is 12.7. The molecule has 130 valence electrons. The fourth-order valence-corrected chi connectivity index (χ4v) is 3.53. The fraction of sp³-hybridized carbons (Fsp3) is 0.250. The van der Waals surface area contributed by atoms with E-state index in [9.17, 15) is 4.79 Å². The van der Waals surface area contributed by atoms with Crippen molar-refractivity contribution in [2.45, 2.75) is 25.8 Å². The van der Waals surface area contributed by atoms with Crippen molar-refractivity contribution in [3.05, 3.63) is 66.1 Å². The van der Waals surface area contributed by atoms with Crippen molar-refractivity contribution in [3.8, 4) is 0 Å². The highest BCUT2D eigenvalue weighted by Gasteiger charge is 2.48. The maximum absolute atomic E-state index is 12.4. The van der Waals surface area contributed by atoms with E-state index >= 15 is 0 Å². The van der Waals surface area contributed by atoms with Crippen molar-refractivity contribution in [1.82, 2.24) is 14.8 Å². The Labute approximate surface area is 151 Å². The summed E-state index contributed by atoms with van der Waals surface area (Å²) in [6, 6.07) is 15.5. The number of anilines is 3. The van der Waals surface area contributed by atoms with E-state index in [4.69, 9.17) is 0 Å². The summed E-state index contributed by atoms with van der Waals surface area (Å²) in [6.07, 6.45) is 5.31. The van der Waals surface area contributed by atoms with E-state index in [1.807, 2.05) is 47.1 Å². The van der Waals surface area contributed by atoms with Crippen LogP contribution in [0.2, 0.25) is 0 Å². The van der Waals surface area contributed by atoms with E-state index in [-0.39, 0.29) is 5.91 Å². The van der Waals surface area contributed by atoms with E-state index in [1.54, 1.807) is 12.3 Å². The standard InChI is InChI=1S/C20H19N5O/c26-19(17-10-16-11-20(8-9-20)13-25(16)24-17)23-18-7-6-15(12-21-18)22-14-4-2-1-3-5-14/h1-7,10,12,22H,8-9,11,13H2,(H,21,23,26). The predicted octanol–water partition coefficient (Wildman–Crippen LogP) is 3.61. The van der Waals surface area contributed by atoms with Crippen molar-refractivity contribution in [2.75, 3.05) is 10.6 Å². The van der Waals surface area contributed by atoms with Crippen molar-refractivity contribution in [1.29, 1.82) is 0 Å².